The summed E-state index contributed by atoms with van der Waals surface area (Å²) in [6.45, 7) is 0.00491. The molecule has 0 saturated carbocycles. The maximum Gasteiger partial charge on any atom is 0.408 e. The average Bonchev–Trinajstić information content (AvgIpc) is 3.74. The number of hydrogen-bond donors (Lipinski definition) is 6. The summed E-state index contributed by atoms with van der Waals surface area (Å²) in [7, 11) is 0. The second-order valence-corrected chi connectivity index (χ2v) is 12.0. The van der Waals surface area contributed by atoms with Gasteiger partial charge in [0.15, 0.2) is 0 Å². The topological polar surface area (TPSA) is 165 Å². The van der Waals surface area contributed by atoms with Gasteiger partial charge in [-0.25, -0.2) is 9.59 Å². The number of H-pyrrole nitrogens is 2. The first-order valence-electron chi connectivity index (χ1n) is 16.3. The number of aromatic amines is 2. The Morgan fingerprint density at radius 1 is 0.560 bits per heavy atom. The van der Waals surface area contributed by atoms with E-state index in [-0.39, 0.29) is 25.9 Å². The van der Waals surface area contributed by atoms with Crippen LogP contribution in [0.4, 0.5) is 4.79 Å². The number of aliphatic carboxylic acids is 1. The zero-order chi connectivity index (χ0) is 34.9. The molecule has 2 heterocycles. The zero-order valence-electron chi connectivity index (χ0n) is 27.1. The fourth-order valence-electron chi connectivity index (χ4n) is 5.96. The van der Waals surface area contributed by atoms with Crippen LogP contribution in [0.5, 0.6) is 0 Å². The van der Waals surface area contributed by atoms with Crippen molar-refractivity contribution >= 4 is 45.7 Å². The van der Waals surface area contributed by atoms with Gasteiger partial charge in [-0.05, 0) is 34.4 Å². The highest BCUT2D eigenvalue weighted by atomic mass is 16.5. The van der Waals surface area contributed by atoms with E-state index in [1.807, 2.05) is 109 Å². The van der Waals surface area contributed by atoms with E-state index >= 15 is 0 Å². The van der Waals surface area contributed by atoms with E-state index in [2.05, 4.69) is 25.9 Å². The number of para-hydroxylation sites is 2. The van der Waals surface area contributed by atoms with Crippen LogP contribution in [0.15, 0.2) is 122 Å². The Morgan fingerprint density at radius 2 is 1.02 bits per heavy atom. The summed E-state index contributed by atoms with van der Waals surface area (Å²) >= 11 is 0. The molecule has 0 radical (unpaired) electrons. The normalized spacial score (nSPS) is 12.9. The van der Waals surface area contributed by atoms with E-state index in [1.54, 1.807) is 12.4 Å². The highest BCUT2D eigenvalue weighted by molar-refractivity contribution is 5.94. The fraction of sp³-hybridized carbons (Fsp3) is 0.179. The summed E-state index contributed by atoms with van der Waals surface area (Å²) in [6.07, 6.45) is 2.88. The largest absolute Gasteiger partial charge is 0.480 e. The molecule has 2 aromatic heterocycles. The van der Waals surface area contributed by atoms with E-state index in [4.69, 9.17) is 4.74 Å². The van der Waals surface area contributed by atoms with Gasteiger partial charge in [-0.15, -0.1) is 0 Å². The molecule has 0 spiro atoms. The molecule has 11 nitrogen and oxygen atoms in total. The minimum absolute atomic E-state index is 0.00491. The van der Waals surface area contributed by atoms with E-state index in [0.717, 1.165) is 44.1 Å². The lowest BCUT2D eigenvalue weighted by atomic mass is 10.0. The maximum atomic E-state index is 14.0. The van der Waals surface area contributed by atoms with Gasteiger partial charge in [-0.1, -0.05) is 97.1 Å². The van der Waals surface area contributed by atoms with Crippen molar-refractivity contribution in [2.45, 2.75) is 44.0 Å². The summed E-state index contributed by atoms with van der Waals surface area (Å²) in [6, 6.07) is 29.8. The first-order chi connectivity index (χ1) is 24.3. The Balaban J connectivity index is 1.23. The SMILES string of the molecule is O=C(NC(Cc1ccccc1)C(=O)NC(Cc1c[nH]c2ccccc12)C(=O)NC(Cc1c[nH]c2ccccc12)C(=O)O)OCc1ccccc1. The smallest absolute Gasteiger partial charge is 0.408 e. The molecule has 0 saturated heterocycles. The first kappa shape index (κ1) is 33.5. The van der Waals surface area contributed by atoms with Gasteiger partial charge >= 0.3 is 12.1 Å². The fourth-order valence-corrected chi connectivity index (χ4v) is 5.96. The molecular formula is C39H37N5O6. The highest BCUT2D eigenvalue weighted by Crippen LogP contribution is 2.21. The van der Waals surface area contributed by atoms with Crippen LogP contribution in [0.2, 0.25) is 0 Å². The molecule has 4 aromatic carbocycles. The molecule has 11 heteroatoms. The molecule has 50 heavy (non-hydrogen) atoms. The Morgan fingerprint density at radius 3 is 1.58 bits per heavy atom. The van der Waals surface area contributed by atoms with Gasteiger partial charge in [-0.3, -0.25) is 9.59 Å². The van der Waals surface area contributed by atoms with Gasteiger partial charge in [0.1, 0.15) is 24.7 Å². The predicted molar refractivity (Wildman–Crippen MR) is 189 cm³/mol. The number of carbonyl (C=O) groups excluding carboxylic acids is 3. The molecule has 0 fully saturated rings. The van der Waals surface area contributed by atoms with Crippen LogP contribution in [-0.2, 0) is 45.0 Å². The second kappa shape index (κ2) is 15.7. The van der Waals surface area contributed by atoms with Crippen molar-refractivity contribution in [2.24, 2.45) is 0 Å². The maximum absolute atomic E-state index is 14.0. The van der Waals surface area contributed by atoms with E-state index in [0.29, 0.717) is 0 Å². The number of alkyl carbamates (subject to hydrolysis) is 1. The van der Waals surface area contributed by atoms with Crippen molar-refractivity contribution in [2.75, 3.05) is 0 Å². The van der Waals surface area contributed by atoms with Crippen LogP contribution >= 0.6 is 0 Å². The van der Waals surface area contributed by atoms with Crippen molar-refractivity contribution < 1.29 is 29.0 Å². The molecule has 0 bridgehead atoms. The number of fused-ring (bicyclic) bond motifs is 2. The van der Waals surface area contributed by atoms with Gasteiger partial charge < -0.3 is 35.8 Å². The highest BCUT2D eigenvalue weighted by Gasteiger charge is 2.31. The van der Waals surface area contributed by atoms with Gasteiger partial charge in [0.25, 0.3) is 0 Å². The third-order valence-electron chi connectivity index (χ3n) is 8.55. The molecule has 6 N–H and O–H groups in total. The molecule has 0 aliphatic carbocycles. The van der Waals surface area contributed by atoms with Crippen LogP contribution in [-0.4, -0.2) is 57.1 Å². The average molecular weight is 672 g/mol. The number of nitrogens with one attached hydrogen (secondary N) is 5. The third-order valence-corrected chi connectivity index (χ3v) is 8.55. The molecule has 0 aliphatic heterocycles. The van der Waals surface area contributed by atoms with Gasteiger partial charge in [0.2, 0.25) is 11.8 Å². The number of rotatable bonds is 14. The lowest BCUT2D eigenvalue weighted by Gasteiger charge is -2.24. The quantitative estimate of drug-likeness (QED) is 0.0951. The number of carboxylic acids is 1. The minimum Gasteiger partial charge on any atom is -0.480 e. The molecule has 6 aromatic rings. The van der Waals surface area contributed by atoms with E-state index in [1.165, 1.54) is 0 Å². The van der Waals surface area contributed by atoms with E-state index < -0.39 is 42.0 Å². The Bertz CT molecular complexity index is 2090. The lowest BCUT2D eigenvalue weighted by Crippen LogP contribution is -2.57. The Labute approximate surface area is 288 Å². The molecule has 0 aliphatic rings. The molecule has 3 unspecified atom stereocenters. The number of carboxylic acid groups (broad SMARTS) is 1. The van der Waals surface area contributed by atoms with Crippen LogP contribution in [0.3, 0.4) is 0 Å². The number of benzene rings is 4. The summed E-state index contributed by atoms with van der Waals surface area (Å²) in [5, 5.41) is 20.0. The van der Waals surface area contributed by atoms with Gasteiger partial charge in [0.05, 0.1) is 0 Å². The second-order valence-electron chi connectivity index (χ2n) is 12.0. The number of hydrogen-bond acceptors (Lipinski definition) is 5. The monoisotopic (exact) mass is 671 g/mol. The van der Waals surface area contributed by atoms with Crippen molar-refractivity contribution in [3.63, 3.8) is 0 Å². The first-order valence-corrected chi connectivity index (χ1v) is 16.3. The molecular weight excluding hydrogens is 634 g/mol. The van der Waals surface area contributed by atoms with Crippen LogP contribution < -0.4 is 16.0 Å². The Hall–Kier alpha value is -6.36. The molecule has 254 valence electrons. The number of aromatic nitrogens is 2. The third kappa shape index (κ3) is 8.37. The van der Waals surface area contributed by atoms with Crippen molar-refractivity contribution in [3.8, 4) is 0 Å². The summed E-state index contributed by atoms with van der Waals surface area (Å²) < 4.78 is 5.41. The summed E-state index contributed by atoms with van der Waals surface area (Å²) in [5.74, 6) is -2.53. The predicted octanol–water partition coefficient (Wildman–Crippen LogP) is 5.03. The summed E-state index contributed by atoms with van der Waals surface area (Å²) in [4.78, 5) is 59.7. The number of amides is 3. The number of ether oxygens (including phenoxy) is 1. The summed E-state index contributed by atoms with van der Waals surface area (Å²) in [5.41, 5.74) is 4.73. The van der Waals surface area contributed by atoms with Gasteiger partial charge in [0, 0.05) is 53.5 Å². The van der Waals surface area contributed by atoms with Gasteiger partial charge in [-0.2, -0.15) is 0 Å². The number of carbonyl (C=O) groups is 4. The molecule has 3 amide bonds. The van der Waals surface area contributed by atoms with Crippen molar-refractivity contribution in [1.29, 1.82) is 0 Å². The standard InChI is InChI=1S/C39H37N5O6/c45-36(33(19-25-11-3-1-4-12-25)44-39(49)50-24-26-13-5-2-6-14-26)42-34(20-27-22-40-31-17-9-7-15-29(27)31)37(46)43-35(38(47)48)21-28-23-41-32-18-10-8-16-30(28)32/h1-18,22-23,33-35,40-41H,19-21,24H2,(H,42,45)(H,43,46)(H,44,49)(H,47,48). The van der Waals surface area contributed by atoms with E-state index in [9.17, 15) is 24.3 Å². The van der Waals surface area contributed by atoms with Crippen LogP contribution in [0, 0.1) is 0 Å². The van der Waals surface area contributed by atoms with Crippen molar-refractivity contribution in [3.05, 3.63) is 144 Å². The molecule has 3 atom stereocenters. The minimum atomic E-state index is -1.28. The zero-order valence-corrected chi connectivity index (χ0v) is 27.1. The Kier molecular flexibility index (Phi) is 10.5. The van der Waals surface area contributed by atoms with Crippen molar-refractivity contribution in [1.82, 2.24) is 25.9 Å². The van der Waals surface area contributed by atoms with Crippen LogP contribution in [0.1, 0.15) is 22.3 Å². The van der Waals surface area contributed by atoms with Crippen LogP contribution in [0.25, 0.3) is 21.8 Å². The molecule has 6 rings (SSSR count). The lowest BCUT2D eigenvalue weighted by molar-refractivity contribution is -0.142.